The van der Waals surface area contributed by atoms with E-state index in [1.165, 1.54) is 5.56 Å². The SMILES string of the molecule is COC1c2ccccc2CC1O. The summed E-state index contributed by atoms with van der Waals surface area (Å²) in [6, 6.07) is 8.02. The molecule has 0 bridgehead atoms. The highest BCUT2D eigenvalue weighted by atomic mass is 16.5. The predicted octanol–water partition coefficient (Wildman–Crippen LogP) is 1.29. The van der Waals surface area contributed by atoms with E-state index >= 15 is 0 Å². The highest BCUT2D eigenvalue weighted by molar-refractivity contribution is 5.35. The monoisotopic (exact) mass is 164 g/mol. The summed E-state index contributed by atoms with van der Waals surface area (Å²) in [6.07, 6.45) is 0.225. The third-order valence-corrected chi connectivity index (χ3v) is 2.39. The molecule has 0 saturated carbocycles. The molecule has 0 aliphatic heterocycles. The van der Waals surface area contributed by atoms with Gasteiger partial charge in [0.25, 0.3) is 0 Å². The molecule has 0 spiro atoms. The van der Waals surface area contributed by atoms with Crippen molar-refractivity contribution in [2.24, 2.45) is 0 Å². The smallest absolute Gasteiger partial charge is 0.109 e. The first kappa shape index (κ1) is 7.77. The molecule has 0 fully saturated rings. The summed E-state index contributed by atoms with van der Waals surface area (Å²) in [5, 5.41) is 9.59. The molecule has 0 amide bonds. The first-order valence-corrected chi connectivity index (χ1v) is 4.11. The first-order valence-electron chi connectivity index (χ1n) is 4.11. The number of fused-ring (bicyclic) bond motifs is 1. The third kappa shape index (κ3) is 1.04. The molecule has 1 aliphatic rings. The fourth-order valence-electron chi connectivity index (χ4n) is 1.82. The zero-order valence-corrected chi connectivity index (χ0v) is 7.03. The number of hydrogen-bond acceptors (Lipinski definition) is 2. The number of aliphatic hydroxyl groups is 1. The van der Waals surface area contributed by atoms with Crippen LogP contribution in [-0.2, 0) is 11.2 Å². The van der Waals surface area contributed by atoms with Crippen LogP contribution in [0.25, 0.3) is 0 Å². The minimum atomic E-state index is -0.368. The molecule has 0 aromatic heterocycles. The molecule has 1 aromatic carbocycles. The summed E-state index contributed by atoms with van der Waals surface area (Å²) in [5.41, 5.74) is 2.34. The Morgan fingerprint density at radius 3 is 2.92 bits per heavy atom. The highest BCUT2D eigenvalue weighted by Crippen LogP contribution is 2.33. The Morgan fingerprint density at radius 2 is 2.17 bits per heavy atom. The van der Waals surface area contributed by atoms with E-state index in [0.717, 1.165) is 5.56 Å². The molecule has 0 saturated heterocycles. The summed E-state index contributed by atoms with van der Waals surface area (Å²) >= 11 is 0. The summed E-state index contributed by atoms with van der Waals surface area (Å²) in [4.78, 5) is 0. The fourth-order valence-corrected chi connectivity index (χ4v) is 1.82. The van der Waals surface area contributed by atoms with Crippen LogP contribution in [0.1, 0.15) is 17.2 Å². The molecule has 2 heteroatoms. The summed E-state index contributed by atoms with van der Waals surface area (Å²) in [6.45, 7) is 0. The average Bonchev–Trinajstić information content (AvgIpc) is 2.40. The zero-order chi connectivity index (χ0) is 8.55. The maximum absolute atomic E-state index is 9.59. The molecule has 2 rings (SSSR count). The molecule has 1 aromatic rings. The Kier molecular flexibility index (Phi) is 1.87. The predicted molar refractivity (Wildman–Crippen MR) is 45.9 cm³/mol. The Labute approximate surface area is 71.8 Å². The molecular formula is C10H12O2. The van der Waals surface area contributed by atoms with E-state index < -0.39 is 0 Å². The van der Waals surface area contributed by atoms with Crippen LogP contribution in [-0.4, -0.2) is 18.3 Å². The van der Waals surface area contributed by atoms with Gasteiger partial charge >= 0.3 is 0 Å². The van der Waals surface area contributed by atoms with Crippen molar-refractivity contribution in [3.8, 4) is 0 Å². The van der Waals surface area contributed by atoms with Crippen LogP contribution < -0.4 is 0 Å². The van der Waals surface area contributed by atoms with Crippen molar-refractivity contribution in [2.45, 2.75) is 18.6 Å². The van der Waals surface area contributed by atoms with Gasteiger partial charge in [0.1, 0.15) is 6.10 Å². The fraction of sp³-hybridized carbons (Fsp3) is 0.400. The van der Waals surface area contributed by atoms with Crippen molar-refractivity contribution < 1.29 is 9.84 Å². The molecule has 2 nitrogen and oxygen atoms in total. The molecule has 0 heterocycles. The summed E-state index contributed by atoms with van der Waals surface area (Å²) in [7, 11) is 1.63. The minimum absolute atomic E-state index is 0.124. The quantitative estimate of drug-likeness (QED) is 0.677. The molecule has 12 heavy (non-hydrogen) atoms. The molecule has 1 aliphatic carbocycles. The lowest BCUT2D eigenvalue weighted by Crippen LogP contribution is -2.14. The molecule has 1 N–H and O–H groups in total. The normalized spacial score (nSPS) is 27.2. The number of ether oxygens (including phenoxy) is 1. The van der Waals surface area contributed by atoms with E-state index in [2.05, 4.69) is 0 Å². The van der Waals surface area contributed by atoms with Gasteiger partial charge in [0.2, 0.25) is 0 Å². The average molecular weight is 164 g/mol. The van der Waals surface area contributed by atoms with Crippen LogP contribution in [0, 0.1) is 0 Å². The van der Waals surface area contributed by atoms with E-state index in [1.807, 2.05) is 24.3 Å². The number of rotatable bonds is 1. The van der Waals surface area contributed by atoms with Gasteiger partial charge in [-0.15, -0.1) is 0 Å². The Morgan fingerprint density at radius 1 is 1.42 bits per heavy atom. The lowest BCUT2D eigenvalue weighted by Gasteiger charge is -2.12. The maximum Gasteiger partial charge on any atom is 0.109 e. The van der Waals surface area contributed by atoms with Crippen molar-refractivity contribution in [1.82, 2.24) is 0 Å². The van der Waals surface area contributed by atoms with Gasteiger partial charge in [0.05, 0.1) is 6.10 Å². The van der Waals surface area contributed by atoms with Gasteiger partial charge in [-0.2, -0.15) is 0 Å². The van der Waals surface area contributed by atoms with E-state index in [9.17, 15) is 5.11 Å². The van der Waals surface area contributed by atoms with Crippen molar-refractivity contribution in [1.29, 1.82) is 0 Å². The Balaban J connectivity index is 2.40. The van der Waals surface area contributed by atoms with Gasteiger partial charge in [0, 0.05) is 13.5 Å². The lowest BCUT2D eigenvalue weighted by atomic mass is 10.1. The second kappa shape index (κ2) is 2.88. The molecule has 2 atom stereocenters. The number of benzene rings is 1. The third-order valence-electron chi connectivity index (χ3n) is 2.39. The van der Waals surface area contributed by atoms with E-state index in [-0.39, 0.29) is 12.2 Å². The van der Waals surface area contributed by atoms with Crippen LogP contribution in [0.4, 0.5) is 0 Å². The Bertz CT molecular complexity index is 283. The van der Waals surface area contributed by atoms with Crippen LogP contribution in [0.2, 0.25) is 0 Å². The van der Waals surface area contributed by atoms with Gasteiger partial charge in [-0.05, 0) is 11.1 Å². The largest absolute Gasteiger partial charge is 0.390 e. The number of aliphatic hydroxyl groups excluding tert-OH is 1. The van der Waals surface area contributed by atoms with Crippen molar-refractivity contribution >= 4 is 0 Å². The first-order chi connectivity index (χ1) is 5.83. The van der Waals surface area contributed by atoms with Gasteiger partial charge in [-0.25, -0.2) is 0 Å². The van der Waals surface area contributed by atoms with Crippen LogP contribution in [0.3, 0.4) is 0 Å². The minimum Gasteiger partial charge on any atom is -0.390 e. The number of methoxy groups -OCH3 is 1. The van der Waals surface area contributed by atoms with Crippen LogP contribution in [0.5, 0.6) is 0 Å². The molecule has 64 valence electrons. The standard InChI is InChI=1S/C10H12O2/c1-12-10-8-5-3-2-4-7(8)6-9(10)11/h2-5,9-11H,6H2,1H3. The van der Waals surface area contributed by atoms with Crippen molar-refractivity contribution in [3.63, 3.8) is 0 Å². The van der Waals surface area contributed by atoms with Gasteiger partial charge in [0.15, 0.2) is 0 Å². The van der Waals surface area contributed by atoms with Gasteiger partial charge in [-0.3, -0.25) is 0 Å². The maximum atomic E-state index is 9.59. The molecule has 0 radical (unpaired) electrons. The Hall–Kier alpha value is -0.860. The van der Waals surface area contributed by atoms with Gasteiger partial charge < -0.3 is 9.84 Å². The van der Waals surface area contributed by atoms with E-state index in [1.54, 1.807) is 7.11 Å². The molecular weight excluding hydrogens is 152 g/mol. The van der Waals surface area contributed by atoms with Crippen LogP contribution >= 0.6 is 0 Å². The van der Waals surface area contributed by atoms with E-state index in [4.69, 9.17) is 4.74 Å². The van der Waals surface area contributed by atoms with Gasteiger partial charge in [-0.1, -0.05) is 24.3 Å². The summed E-state index contributed by atoms with van der Waals surface area (Å²) < 4.78 is 5.20. The van der Waals surface area contributed by atoms with Crippen molar-refractivity contribution in [2.75, 3.05) is 7.11 Å². The summed E-state index contributed by atoms with van der Waals surface area (Å²) in [5.74, 6) is 0. The van der Waals surface area contributed by atoms with Crippen molar-refractivity contribution in [3.05, 3.63) is 35.4 Å². The molecule has 2 unspecified atom stereocenters. The second-order valence-electron chi connectivity index (χ2n) is 3.13. The van der Waals surface area contributed by atoms with Crippen LogP contribution in [0.15, 0.2) is 24.3 Å². The second-order valence-corrected chi connectivity index (χ2v) is 3.13. The number of hydrogen-bond donors (Lipinski definition) is 1. The van der Waals surface area contributed by atoms with E-state index in [0.29, 0.717) is 6.42 Å². The lowest BCUT2D eigenvalue weighted by molar-refractivity contribution is -0.000807. The zero-order valence-electron chi connectivity index (χ0n) is 7.03. The topological polar surface area (TPSA) is 29.5 Å². The highest BCUT2D eigenvalue weighted by Gasteiger charge is 2.30.